The Morgan fingerprint density at radius 2 is 2.25 bits per heavy atom. The van der Waals surface area contributed by atoms with E-state index in [1.54, 1.807) is 0 Å². The molecule has 4 heteroatoms. The second kappa shape index (κ2) is 6.84. The molecule has 1 saturated heterocycles. The van der Waals surface area contributed by atoms with Crippen LogP contribution in [0.4, 0.5) is 0 Å². The van der Waals surface area contributed by atoms with E-state index in [0.717, 1.165) is 31.9 Å². The zero-order valence-corrected chi connectivity index (χ0v) is 10.6. The molecule has 1 aromatic rings. The number of hydrogen-bond acceptors (Lipinski definition) is 3. The highest BCUT2D eigenvalue weighted by atomic mass is 35.5. The molecule has 0 unspecified atom stereocenters. The Bertz CT molecular complexity index is 309. The molecule has 0 radical (unpaired) electrons. The molecule has 1 aromatic heterocycles. The average Bonchev–Trinajstić information content (AvgIpc) is 2.50. The Balaban J connectivity index is 0.00000128. The largest absolute Gasteiger partial charge is 0.315 e. The minimum absolute atomic E-state index is 0. The van der Waals surface area contributed by atoms with Gasteiger partial charge in [-0.05, 0) is 38.1 Å². The summed E-state index contributed by atoms with van der Waals surface area (Å²) in [5.41, 5.74) is 2.52. The molecule has 0 aromatic carbocycles. The van der Waals surface area contributed by atoms with Crippen molar-refractivity contribution in [3.05, 3.63) is 29.6 Å². The second-order valence-corrected chi connectivity index (χ2v) is 4.13. The first kappa shape index (κ1) is 13.4. The van der Waals surface area contributed by atoms with E-state index in [2.05, 4.69) is 28.2 Å². The maximum absolute atomic E-state index is 4.33. The van der Waals surface area contributed by atoms with Crippen molar-refractivity contribution in [2.45, 2.75) is 19.9 Å². The fourth-order valence-corrected chi connectivity index (χ4v) is 1.99. The molecule has 0 saturated carbocycles. The zero-order valence-electron chi connectivity index (χ0n) is 9.78. The lowest BCUT2D eigenvalue weighted by Gasteiger charge is -2.20. The van der Waals surface area contributed by atoms with E-state index in [1.807, 2.05) is 12.3 Å². The minimum Gasteiger partial charge on any atom is -0.315 e. The molecule has 16 heavy (non-hydrogen) atoms. The molecule has 90 valence electrons. The number of nitrogens with zero attached hydrogens (tertiary/aromatic N) is 2. The first-order chi connectivity index (χ1) is 7.36. The first-order valence-corrected chi connectivity index (χ1v) is 5.70. The van der Waals surface area contributed by atoms with Crippen molar-refractivity contribution >= 4 is 12.4 Å². The van der Waals surface area contributed by atoms with Crippen molar-refractivity contribution < 1.29 is 0 Å². The highest BCUT2D eigenvalue weighted by molar-refractivity contribution is 5.85. The van der Waals surface area contributed by atoms with Gasteiger partial charge in [-0.25, -0.2) is 0 Å². The van der Waals surface area contributed by atoms with Crippen LogP contribution in [0.2, 0.25) is 0 Å². The van der Waals surface area contributed by atoms with Crippen molar-refractivity contribution in [3.63, 3.8) is 0 Å². The summed E-state index contributed by atoms with van der Waals surface area (Å²) >= 11 is 0. The van der Waals surface area contributed by atoms with Gasteiger partial charge in [0.05, 0.1) is 0 Å². The quantitative estimate of drug-likeness (QED) is 0.853. The minimum atomic E-state index is 0. The lowest BCUT2D eigenvalue weighted by atomic mass is 10.2. The van der Waals surface area contributed by atoms with Crippen molar-refractivity contribution in [2.24, 2.45) is 0 Å². The van der Waals surface area contributed by atoms with Crippen LogP contribution >= 0.6 is 12.4 Å². The molecule has 0 amide bonds. The Labute approximate surface area is 104 Å². The van der Waals surface area contributed by atoms with Crippen LogP contribution in [0.1, 0.15) is 17.7 Å². The molecule has 1 fully saturated rings. The van der Waals surface area contributed by atoms with E-state index in [1.165, 1.54) is 18.5 Å². The molecule has 1 aliphatic rings. The van der Waals surface area contributed by atoms with Crippen LogP contribution in [0.3, 0.4) is 0 Å². The van der Waals surface area contributed by atoms with E-state index in [4.69, 9.17) is 0 Å². The summed E-state index contributed by atoms with van der Waals surface area (Å²) in [6.07, 6.45) is 3.11. The fraction of sp³-hybridized carbons (Fsp3) is 0.583. The highest BCUT2D eigenvalue weighted by Crippen LogP contribution is 2.08. The van der Waals surface area contributed by atoms with E-state index in [9.17, 15) is 0 Å². The Morgan fingerprint density at radius 3 is 3.06 bits per heavy atom. The third kappa shape index (κ3) is 3.74. The van der Waals surface area contributed by atoms with E-state index >= 15 is 0 Å². The topological polar surface area (TPSA) is 28.2 Å². The number of aromatic nitrogens is 1. The van der Waals surface area contributed by atoms with Gasteiger partial charge in [-0.2, -0.15) is 0 Å². The zero-order chi connectivity index (χ0) is 10.5. The van der Waals surface area contributed by atoms with Gasteiger partial charge in [-0.3, -0.25) is 9.88 Å². The van der Waals surface area contributed by atoms with Gasteiger partial charge < -0.3 is 5.32 Å². The molecule has 0 atom stereocenters. The van der Waals surface area contributed by atoms with Gasteiger partial charge in [0.1, 0.15) is 0 Å². The molecular weight excluding hydrogens is 222 g/mol. The summed E-state index contributed by atoms with van der Waals surface area (Å²) in [4.78, 5) is 6.83. The predicted octanol–water partition coefficient (Wildman–Crippen LogP) is 1.61. The SMILES string of the molecule is Cc1ncccc1CN1CCCNCC1.Cl. The van der Waals surface area contributed by atoms with E-state index < -0.39 is 0 Å². The number of pyridine rings is 1. The lowest BCUT2D eigenvalue weighted by Crippen LogP contribution is -2.28. The maximum atomic E-state index is 4.33. The smallest absolute Gasteiger partial charge is 0.0417 e. The standard InChI is InChI=1S/C12H19N3.ClH/c1-11-12(4-2-6-14-11)10-15-8-3-5-13-7-9-15;/h2,4,6,13H,3,5,7-10H2,1H3;1H. The molecule has 2 heterocycles. The highest BCUT2D eigenvalue weighted by Gasteiger charge is 2.09. The van der Waals surface area contributed by atoms with Gasteiger partial charge in [-0.1, -0.05) is 6.07 Å². The van der Waals surface area contributed by atoms with Gasteiger partial charge in [0.25, 0.3) is 0 Å². The molecule has 0 bridgehead atoms. The average molecular weight is 242 g/mol. The fourth-order valence-electron chi connectivity index (χ4n) is 1.99. The van der Waals surface area contributed by atoms with Crippen LogP contribution in [-0.4, -0.2) is 36.1 Å². The van der Waals surface area contributed by atoms with Crippen LogP contribution in [0.25, 0.3) is 0 Å². The number of hydrogen-bond donors (Lipinski definition) is 1. The summed E-state index contributed by atoms with van der Waals surface area (Å²) in [6.45, 7) is 7.74. The molecular formula is C12H20ClN3. The summed E-state index contributed by atoms with van der Waals surface area (Å²) in [5, 5.41) is 3.42. The van der Waals surface area contributed by atoms with Crippen molar-refractivity contribution in [2.75, 3.05) is 26.2 Å². The van der Waals surface area contributed by atoms with Crippen molar-refractivity contribution in [1.82, 2.24) is 15.2 Å². The monoisotopic (exact) mass is 241 g/mol. The Morgan fingerprint density at radius 1 is 1.38 bits per heavy atom. The van der Waals surface area contributed by atoms with Crippen LogP contribution in [0, 0.1) is 6.92 Å². The molecule has 0 spiro atoms. The predicted molar refractivity (Wildman–Crippen MR) is 69.0 cm³/mol. The molecule has 2 rings (SSSR count). The lowest BCUT2D eigenvalue weighted by molar-refractivity contribution is 0.283. The number of rotatable bonds is 2. The van der Waals surface area contributed by atoms with Crippen LogP contribution in [-0.2, 0) is 6.54 Å². The van der Waals surface area contributed by atoms with E-state index in [0.29, 0.717) is 0 Å². The second-order valence-electron chi connectivity index (χ2n) is 4.13. The van der Waals surface area contributed by atoms with Crippen LogP contribution < -0.4 is 5.32 Å². The van der Waals surface area contributed by atoms with Crippen molar-refractivity contribution in [1.29, 1.82) is 0 Å². The third-order valence-corrected chi connectivity index (χ3v) is 2.94. The maximum Gasteiger partial charge on any atom is 0.0417 e. The van der Waals surface area contributed by atoms with Crippen LogP contribution in [0.15, 0.2) is 18.3 Å². The number of nitrogens with one attached hydrogen (secondary N) is 1. The van der Waals surface area contributed by atoms with Gasteiger partial charge >= 0.3 is 0 Å². The Hall–Kier alpha value is -0.640. The molecule has 1 aliphatic heterocycles. The Kier molecular flexibility index (Phi) is 5.74. The normalized spacial score (nSPS) is 17.6. The molecule has 0 aliphatic carbocycles. The molecule has 1 N–H and O–H groups in total. The van der Waals surface area contributed by atoms with Gasteiger partial charge in [0.2, 0.25) is 0 Å². The van der Waals surface area contributed by atoms with Gasteiger partial charge in [-0.15, -0.1) is 12.4 Å². The summed E-state index contributed by atoms with van der Waals surface area (Å²) < 4.78 is 0. The van der Waals surface area contributed by atoms with E-state index in [-0.39, 0.29) is 12.4 Å². The van der Waals surface area contributed by atoms with Crippen LogP contribution in [0.5, 0.6) is 0 Å². The summed E-state index contributed by atoms with van der Waals surface area (Å²) in [7, 11) is 0. The summed E-state index contributed by atoms with van der Waals surface area (Å²) in [5.74, 6) is 0. The number of aryl methyl sites for hydroxylation is 1. The first-order valence-electron chi connectivity index (χ1n) is 5.70. The summed E-state index contributed by atoms with van der Waals surface area (Å²) in [6, 6.07) is 4.21. The van der Waals surface area contributed by atoms with Crippen molar-refractivity contribution in [3.8, 4) is 0 Å². The van der Waals surface area contributed by atoms with Gasteiger partial charge in [0, 0.05) is 31.5 Å². The number of halogens is 1. The molecule has 3 nitrogen and oxygen atoms in total. The van der Waals surface area contributed by atoms with Gasteiger partial charge in [0.15, 0.2) is 0 Å². The third-order valence-electron chi connectivity index (χ3n) is 2.94.